The zero-order valence-corrected chi connectivity index (χ0v) is 44.0. The van der Waals surface area contributed by atoms with E-state index in [1.165, 1.54) is 40.3 Å². The summed E-state index contributed by atoms with van der Waals surface area (Å²) in [7, 11) is 1.58. The van der Waals surface area contributed by atoms with Crippen LogP contribution in [0.15, 0.2) is 79.1 Å². The second-order valence-electron chi connectivity index (χ2n) is 19.0. The van der Waals surface area contributed by atoms with Gasteiger partial charge >= 0.3 is 18.1 Å². The van der Waals surface area contributed by atoms with E-state index in [0.29, 0.717) is 30.0 Å². The van der Waals surface area contributed by atoms with Gasteiger partial charge in [0.05, 0.1) is 18.3 Å². The number of nitrogens with one attached hydrogen (secondary N) is 5. The number of unbranched alkanes of at least 4 members (excludes halogenated alkanes) is 3. The van der Waals surface area contributed by atoms with Gasteiger partial charge in [0, 0.05) is 87.6 Å². The molecule has 0 radical (unpaired) electrons. The number of likely N-dealkylation sites (N-methyl/N-ethyl adjacent to an activating group) is 1. The summed E-state index contributed by atoms with van der Waals surface area (Å²) in [5.41, 5.74) is 6.85. The number of amides is 9. The summed E-state index contributed by atoms with van der Waals surface area (Å²) in [6.07, 6.45) is 1.87. The van der Waals surface area contributed by atoms with Gasteiger partial charge in [-0.25, -0.2) is 19.4 Å². The number of benzene rings is 2. The first-order chi connectivity index (χ1) is 38.4. The third-order valence-corrected chi connectivity index (χ3v) is 13.1. The lowest BCUT2D eigenvalue weighted by Gasteiger charge is -2.38. The number of pyridine rings is 1. The highest BCUT2D eigenvalue weighted by atomic mass is 16.7. The van der Waals surface area contributed by atoms with Crippen molar-refractivity contribution in [3.8, 4) is 5.75 Å². The number of carbonyl (C=O) groups is 9. The van der Waals surface area contributed by atoms with Crippen molar-refractivity contribution in [2.45, 2.75) is 120 Å². The van der Waals surface area contributed by atoms with E-state index in [1.54, 1.807) is 43.7 Å². The zero-order chi connectivity index (χ0) is 57.7. The van der Waals surface area contributed by atoms with Crippen LogP contribution >= 0.6 is 0 Å². The minimum atomic E-state index is -2.02. The smallest absolute Gasteiger partial charge is 0.411 e. The number of carboxylic acid groups (broad SMARTS) is 1. The molecule has 27 heteroatoms. The molecule has 27 nitrogen and oxygen atoms in total. The second kappa shape index (κ2) is 30.3. The van der Waals surface area contributed by atoms with E-state index in [2.05, 4.69) is 31.6 Å². The van der Waals surface area contributed by atoms with Crippen LogP contribution in [0, 0.1) is 0 Å². The zero-order valence-electron chi connectivity index (χ0n) is 44.0. The van der Waals surface area contributed by atoms with Crippen LogP contribution in [0.5, 0.6) is 5.75 Å². The molecule has 1 saturated carbocycles. The number of carboxylic acids is 1. The first-order valence-electron chi connectivity index (χ1n) is 26.2. The molecule has 11 N–H and O–H groups in total. The first-order valence-corrected chi connectivity index (χ1v) is 26.2. The molecule has 0 spiro atoms. The molecule has 0 bridgehead atoms. The molecule has 2 aromatic carbocycles. The van der Waals surface area contributed by atoms with E-state index in [-0.39, 0.29) is 65.9 Å². The van der Waals surface area contributed by atoms with Crippen molar-refractivity contribution in [3.63, 3.8) is 0 Å². The van der Waals surface area contributed by atoms with Gasteiger partial charge in [-0.05, 0) is 73.7 Å². The van der Waals surface area contributed by atoms with Crippen molar-refractivity contribution in [1.82, 2.24) is 30.5 Å². The number of ether oxygens (including phenoxy) is 3. The number of hydrogen-bond acceptors (Lipinski definition) is 18. The lowest BCUT2D eigenvalue weighted by Crippen LogP contribution is -2.61. The second-order valence-corrected chi connectivity index (χ2v) is 19.0. The maximum Gasteiger partial charge on any atom is 0.411 e. The van der Waals surface area contributed by atoms with Crippen LogP contribution in [0.2, 0.25) is 0 Å². The molecule has 6 rings (SSSR count). The number of hydrogen-bond donors (Lipinski definition) is 10. The summed E-state index contributed by atoms with van der Waals surface area (Å²) in [6.45, 7) is -0.445. The molecule has 1 aliphatic carbocycles. The fourth-order valence-corrected chi connectivity index (χ4v) is 8.83. The third kappa shape index (κ3) is 17.7. The van der Waals surface area contributed by atoms with Gasteiger partial charge in [0.25, 0.3) is 17.7 Å². The lowest BCUT2D eigenvalue weighted by molar-refractivity contribution is -0.271. The van der Waals surface area contributed by atoms with Crippen molar-refractivity contribution in [1.29, 1.82) is 0 Å². The van der Waals surface area contributed by atoms with Crippen molar-refractivity contribution < 1.29 is 82.6 Å². The number of anilines is 3. The van der Waals surface area contributed by atoms with Crippen molar-refractivity contribution in [3.05, 3.63) is 90.3 Å². The Labute approximate surface area is 460 Å². The molecular formula is C53H68N10O17. The van der Waals surface area contributed by atoms with E-state index in [0.717, 1.165) is 63.5 Å². The number of hydroxylamine groups is 2. The number of aliphatic carboxylic acids is 1. The van der Waals surface area contributed by atoms with Crippen LogP contribution in [-0.2, 0) is 49.7 Å². The molecule has 2 aliphatic heterocycles. The van der Waals surface area contributed by atoms with Crippen LogP contribution in [-0.4, -0.2) is 176 Å². The predicted octanol–water partition coefficient (Wildman–Crippen LogP) is 1.74. The number of urea groups is 1. The molecule has 80 heavy (non-hydrogen) atoms. The molecule has 1 unspecified atom stereocenters. The molecule has 2 fully saturated rings. The summed E-state index contributed by atoms with van der Waals surface area (Å²) < 4.78 is 16.4. The van der Waals surface area contributed by atoms with E-state index in [4.69, 9.17) is 24.8 Å². The number of carbonyl (C=O) groups excluding carboxylic acids is 8. The third-order valence-electron chi connectivity index (χ3n) is 13.1. The molecule has 3 aliphatic rings. The van der Waals surface area contributed by atoms with E-state index in [9.17, 15) is 63.6 Å². The van der Waals surface area contributed by atoms with Crippen LogP contribution in [0.3, 0.4) is 0 Å². The number of imide groups is 1. The number of aromatic nitrogens is 1. The average Bonchev–Trinajstić information content (AvgIpc) is 3.79. The number of aliphatic hydroxyl groups is 3. The summed E-state index contributed by atoms with van der Waals surface area (Å²) in [5, 5.41) is 55.3. The van der Waals surface area contributed by atoms with Crippen molar-refractivity contribution >= 4 is 70.6 Å². The van der Waals surface area contributed by atoms with E-state index >= 15 is 0 Å². The molecule has 3 aromatic rings. The highest BCUT2D eigenvalue weighted by Crippen LogP contribution is 2.32. The standard InChI is InChI=1S/C53H68N10O17/c1-61(26-27-78-63(36-12-5-4-6-13-36)43(67)14-7-2-3-8-22-57-52(75)58-34-19-23-55-24-20-34)49(72)33-10-9-11-35(29-33)59-53(76)77-31-32-15-16-39(79-51-46(70)44(68)45(69)47(80-51)50(73)74)37(28-32)60-40(64)21-25-56-48(71)38(30-54)62-41(65)17-18-42(62)66/h9-11,15-20,23-24,28-29,36,38,44-47,51,68-70H,2-8,12-14,21-22,25-27,30-31,54H2,1H3,(H,56,71)(H,59,76)(H,60,64)(H,73,74)(H2,55,57,58,75)/t38?,44-,45-,46+,47-,51+/m0/s1. The van der Waals surface area contributed by atoms with Crippen molar-refractivity contribution in [2.75, 3.05) is 55.8 Å². The van der Waals surface area contributed by atoms with Crippen LogP contribution in [0.1, 0.15) is 86.6 Å². The average molecular weight is 1120 g/mol. The van der Waals surface area contributed by atoms with Gasteiger partial charge in [-0.2, -0.15) is 0 Å². The number of aliphatic hydroxyl groups excluding tert-OH is 3. The fraction of sp³-hybridized carbons (Fsp3) is 0.472. The maximum atomic E-state index is 13.6. The minimum Gasteiger partial charge on any atom is -0.479 e. The van der Waals surface area contributed by atoms with Gasteiger partial charge in [0.15, 0.2) is 6.10 Å². The SMILES string of the molecule is CN(CCON(C(=O)CCCCCCNC(=O)Nc1ccncc1)C1CCCCC1)C(=O)c1cccc(NC(=O)OCc2ccc(O[C@@H]3O[C@H](C(=O)O)[C@@H](O)[C@H](O)[C@H]3O)c(NC(=O)CCNC(=O)C(CN)N3C(=O)C=CC3=O)c2)c1. The molecule has 1 saturated heterocycles. The number of nitrogens with two attached hydrogens (primary N) is 1. The van der Waals surface area contributed by atoms with E-state index < -0.39 is 97.9 Å². The quantitative estimate of drug-likeness (QED) is 0.0295. The van der Waals surface area contributed by atoms with Gasteiger partial charge in [-0.1, -0.05) is 44.2 Å². The number of nitrogens with zero attached hydrogens (tertiary/aromatic N) is 4. The predicted molar refractivity (Wildman–Crippen MR) is 283 cm³/mol. The Kier molecular flexibility index (Phi) is 23.2. The van der Waals surface area contributed by atoms with Crippen LogP contribution < -0.4 is 37.1 Å². The lowest BCUT2D eigenvalue weighted by atomic mass is 9.95. The monoisotopic (exact) mass is 1120 g/mol. The topological polar surface area (TPSA) is 380 Å². The molecule has 432 valence electrons. The van der Waals surface area contributed by atoms with Gasteiger partial charge in [-0.15, -0.1) is 0 Å². The highest BCUT2D eigenvalue weighted by molar-refractivity contribution is 6.15. The summed E-state index contributed by atoms with van der Waals surface area (Å²) in [6, 6.07) is 11.7. The van der Waals surface area contributed by atoms with Gasteiger partial charge < -0.3 is 66.5 Å². The summed E-state index contributed by atoms with van der Waals surface area (Å²) in [4.78, 5) is 127. The normalized spacial score (nSPS) is 19.3. The van der Waals surface area contributed by atoms with Crippen LogP contribution in [0.4, 0.5) is 26.7 Å². The summed E-state index contributed by atoms with van der Waals surface area (Å²) >= 11 is 0. The van der Waals surface area contributed by atoms with Gasteiger partial charge in [0.1, 0.15) is 36.7 Å². The molecular weight excluding hydrogens is 1050 g/mol. The first kappa shape index (κ1) is 61.1. The van der Waals surface area contributed by atoms with Crippen molar-refractivity contribution in [2.24, 2.45) is 5.73 Å². The highest BCUT2D eigenvalue weighted by Gasteiger charge is 2.48. The molecule has 3 heterocycles. The number of rotatable bonds is 27. The van der Waals surface area contributed by atoms with Gasteiger partial charge in [-0.3, -0.25) is 48.8 Å². The largest absolute Gasteiger partial charge is 0.479 e. The summed E-state index contributed by atoms with van der Waals surface area (Å²) in [5.74, 6) is -5.45. The maximum absolute atomic E-state index is 13.6. The Morgan fingerprint density at radius 3 is 2.25 bits per heavy atom. The van der Waals surface area contributed by atoms with Crippen LogP contribution in [0.25, 0.3) is 0 Å². The molecule has 9 amide bonds. The Morgan fingerprint density at radius 2 is 1.54 bits per heavy atom. The van der Waals surface area contributed by atoms with E-state index in [1.807, 2.05) is 0 Å². The molecule has 1 aromatic heterocycles. The minimum absolute atomic E-state index is 0.0500. The Hall–Kier alpha value is -8.08. The van der Waals surface area contributed by atoms with Gasteiger partial charge in [0.2, 0.25) is 24.0 Å². The molecule has 6 atom stereocenters. The fourth-order valence-electron chi connectivity index (χ4n) is 8.83. The Balaban J connectivity index is 0.993. The Bertz CT molecular complexity index is 2670. The Morgan fingerprint density at radius 1 is 0.812 bits per heavy atom.